The van der Waals surface area contributed by atoms with Crippen LogP contribution in [0.4, 0.5) is 0 Å². The van der Waals surface area contributed by atoms with E-state index >= 15 is 0 Å². The Bertz CT molecular complexity index is 2250. The maximum atomic E-state index is 10.9. The van der Waals surface area contributed by atoms with E-state index in [-0.39, 0.29) is 0 Å². The van der Waals surface area contributed by atoms with E-state index in [4.69, 9.17) is 28.4 Å². The Kier molecular flexibility index (Phi) is 24.9. The minimum atomic E-state index is -0.458. The maximum absolute atomic E-state index is 10.9. The quantitative estimate of drug-likeness (QED) is 0.0451. The number of unbranched alkanes of at least 4 members (excludes halogenated alkanes) is 3. The molecule has 3 rings (SSSR count). The molecule has 360 valence electrons. The number of hydrogen-bond donors (Lipinski definition) is 0. The van der Waals surface area contributed by atoms with Crippen molar-refractivity contribution in [3.63, 3.8) is 0 Å². The van der Waals surface area contributed by atoms with Crippen LogP contribution in [0.2, 0.25) is 0 Å². The van der Waals surface area contributed by atoms with E-state index in [9.17, 15) is 21.0 Å². The van der Waals surface area contributed by atoms with Crippen LogP contribution in [0.15, 0.2) is 36.4 Å². The number of nitrogens with zero attached hydrogens (tertiary/aromatic N) is 4. The van der Waals surface area contributed by atoms with E-state index in [0.29, 0.717) is 124 Å². The first-order valence-electron chi connectivity index (χ1n) is 24.6. The SMILES string of the molecule is CCCCC(CC)COc1cc(C(C)C#N)c(OC)cc1/C=C(\C#N)c1cc(OCC(CC)CCCC)c(/C=C(/C#N)c2cc(OCC(CC)CCCC)c(CCC#N)cc2OC)cc1OC. The second kappa shape index (κ2) is 30.2. The van der Waals surface area contributed by atoms with Gasteiger partial charge in [0, 0.05) is 34.2 Å². The van der Waals surface area contributed by atoms with E-state index in [1.807, 2.05) is 37.3 Å². The van der Waals surface area contributed by atoms with E-state index in [0.717, 1.165) is 82.6 Å². The molecule has 0 aliphatic heterocycles. The average Bonchev–Trinajstić information content (AvgIpc) is 3.36. The van der Waals surface area contributed by atoms with Crippen molar-refractivity contribution in [1.29, 1.82) is 21.0 Å². The first-order valence-corrected chi connectivity index (χ1v) is 24.6. The van der Waals surface area contributed by atoms with Gasteiger partial charge < -0.3 is 28.4 Å². The molecule has 0 N–H and O–H groups in total. The van der Waals surface area contributed by atoms with Crippen molar-refractivity contribution < 1.29 is 28.4 Å². The van der Waals surface area contributed by atoms with Gasteiger partial charge in [0.2, 0.25) is 0 Å². The zero-order chi connectivity index (χ0) is 49.1. The van der Waals surface area contributed by atoms with Crippen molar-refractivity contribution in [3.05, 3.63) is 69.8 Å². The molecule has 10 heteroatoms. The van der Waals surface area contributed by atoms with Crippen LogP contribution in [0.25, 0.3) is 23.3 Å². The molecule has 0 spiro atoms. The second-order valence-corrected chi connectivity index (χ2v) is 17.4. The minimum Gasteiger partial charge on any atom is -0.496 e. The summed E-state index contributed by atoms with van der Waals surface area (Å²) in [6, 6.07) is 20.5. The normalized spacial score (nSPS) is 13.2. The number of nitriles is 4. The molecule has 0 aliphatic rings. The lowest BCUT2D eigenvalue weighted by atomic mass is 9.95. The van der Waals surface area contributed by atoms with Crippen molar-refractivity contribution in [2.45, 2.75) is 144 Å². The lowest BCUT2D eigenvalue weighted by Gasteiger charge is -2.21. The van der Waals surface area contributed by atoms with Gasteiger partial charge in [-0.25, -0.2) is 0 Å². The minimum absolute atomic E-state index is 0.291. The molecule has 0 saturated heterocycles. The summed E-state index contributed by atoms with van der Waals surface area (Å²) in [6.45, 7) is 16.3. The maximum Gasteiger partial charge on any atom is 0.128 e. The van der Waals surface area contributed by atoms with Gasteiger partial charge in [0.25, 0.3) is 0 Å². The Morgan fingerprint density at radius 2 is 0.955 bits per heavy atom. The van der Waals surface area contributed by atoms with Gasteiger partial charge in [-0.05, 0) is 104 Å². The summed E-state index contributed by atoms with van der Waals surface area (Å²) in [5.74, 6) is 3.62. The molecular weight excluding hydrogens is 837 g/mol. The fourth-order valence-electron chi connectivity index (χ4n) is 8.08. The van der Waals surface area contributed by atoms with Crippen LogP contribution in [-0.2, 0) is 6.42 Å². The number of benzene rings is 3. The fourth-order valence-corrected chi connectivity index (χ4v) is 8.08. The Hall–Kier alpha value is -6.10. The van der Waals surface area contributed by atoms with Gasteiger partial charge in [-0.1, -0.05) is 99.3 Å². The van der Waals surface area contributed by atoms with Crippen LogP contribution >= 0.6 is 0 Å². The first-order chi connectivity index (χ1) is 32.6. The topological polar surface area (TPSA) is 151 Å². The number of methoxy groups -OCH3 is 3. The van der Waals surface area contributed by atoms with Gasteiger partial charge >= 0.3 is 0 Å². The van der Waals surface area contributed by atoms with Gasteiger partial charge in [0.05, 0.1) is 82.5 Å². The Balaban J connectivity index is 2.35. The van der Waals surface area contributed by atoms with Crippen molar-refractivity contribution >= 4 is 23.3 Å². The molecule has 4 atom stereocenters. The summed E-state index contributed by atoms with van der Waals surface area (Å²) in [5.41, 5.74) is 4.39. The Labute approximate surface area is 403 Å². The molecule has 0 saturated carbocycles. The number of aryl methyl sites for hydroxylation is 1. The van der Waals surface area contributed by atoms with Crippen molar-refractivity contribution in [2.75, 3.05) is 41.2 Å². The number of hydrogen-bond acceptors (Lipinski definition) is 10. The number of ether oxygens (including phenoxy) is 6. The molecule has 0 aliphatic carbocycles. The summed E-state index contributed by atoms with van der Waals surface area (Å²) in [4.78, 5) is 0. The van der Waals surface area contributed by atoms with Crippen LogP contribution in [0.5, 0.6) is 34.5 Å². The van der Waals surface area contributed by atoms with Crippen molar-refractivity contribution in [2.24, 2.45) is 17.8 Å². The highest BCUT2D eigenvalue weighted by Gasteiger charge is 2.23. The molecule has 10 nitrogen and oxygen atoms in total. The molecule has 0 radical (unpaired) electrons. The predicted molar refractivity (Wildman–Crippen MR) is 270 cm³/mol. The predicted octanol–water partition coefficient (Wildman–Crippen LogP) is 14.7. The molecule has 0 bridgehead atoms. The van der Waals surface area contributed by atoms with E-state index < -0.39 is 5.92 Å². The summed E-state index contributed by atoms with van der Waals surface area (Å²) >= 11 is 0. The Morgan fingerprint density at radius 1 is 0.537 bits per heavy atom. The Morgan fingerprint density at radius 3 is 1.36 bits per heavy atom. The summed E-state index contributed by atoms with van der Waals surface area (Å²) in [6.07, 6.45) is 16.9. The smallest absolute Gasteiger partial charge is 0.128 e. The lowest BCUT2D eigenvalue weighted by Crippen LogP contribution is -2.13. The third-order valence-electron chi connectivity index (χ3n) is 12.7. The molecule has 3 aromatic carbocycles. The molecule has 3 aromatic rings. The lowest BCUT2D eigenvalue weighted by molar-refractivity contribution is 0.231. The zero-order valence-electron chi connectivity index (χ0n) is 42.2. The van der Waals surface area contributed by atoms with Crippen LogP contribution in [0.3, 0.4) is 0 Å². The van der Waals surface area contributed by atoms with Crippen LogP contribution < -0.4 is 28.4 Å². The second-order valence-electron chi connectivity index (χ2n) is 17.4. The molecule has 0 amide bonds. The summed E-state index contributed by atoms with van der Waals surface area (Å²) in [5, 5.41) is 41.2. The average molecular weight is 913 g/mol. The highest BCUT2D eigenvalue weighted by Crippen LogP contribution is 2.41. The van der Waals surface area contributed by atoms with Crippen LogP contribution in [-0.4, -0.2) is 41.2 Å². The van der Waals surface area contributed by atoms with E-state index in [1.54, 1.807) is 39.5 Å². The van der Waals surface area contributed by atoms with Gasteiger partial charge in [-0.15, -0.1) is 0 Å². The summed E-state index contributed by atoms with van der Waals surface area (Å²) in [7, 11) is 4.70. The monoisotopic (exact) mass is 913 g/mol. The fraction of sp³-hybridized carbons (Fsp3) is 0.544. The third kappa shape index (κ3) is 16.3. The third-order valence-corrected chi connectivity index (χ3v) is 12.7. The zero-order valence-corrected chi connectivity index (χ0v) is 42.2. The molecule has 0 fully saturated rings. The first kappa shape index (κ1) is 55.2. The molecule has 67 heavy (non-hydrogen) atoms. The molecule has 4 unspecified atom stereocenters. The van der Waals surface area contributed by atoms with E-state index in [1.165, 1.54) is 0 Å². The highest BCUT2D eigenvalue weighted by atomic mass is 16.5. The van der Waals surface area contributed by atoms with Crippen molar-refractivity contribution in [3.8, 4) is 58.8 Å². The molecule has 0 aromatic heterocycles. The standard InChI is InChI=1S/C57H76N4O6/c1-11-17-21-41(14-4)37-65-52-32-50(56(63-9)28-44(52)24-20-25-58)47(35-60)27-46-30-57(64-10)51(33-54(46)67-39-43(16-6)23-19-13-3)48(36-61)26-45-29-55(62-8)49(40(7)34-59)31-53(45)66-38-42(15-5)22-18-12-2/h26-33,40-43H,11-24,37-39H2,1-10H3/b47-27-,48-26+. The molecule has 0 heterocycles. The largest absolute Gasteiger partial charge is 0.496 e. The van der Waals surface area contributed by atoms with Gasteiger partial charge in [-0.2, -0.15) is 21.0 Å². The van der Waals surface area contributed by atoms with Gasteiger partial charge in [0.15, 0.2) is 0 Å². The van der Waals surface area contributed by atoms with Crippen LogP contribution in [0, 0.1) is 63.1 Å². The van der Waals surface area contributed by atoms with E-state index in [2.05, 4.69) is 65.8 Å². The summed E-state index contributed by atoms with van der Waals surface area (Å²) < 4.78 is 37.6. The van der Waals surface area contributed by atoms with Gasteiger partial charge in [0.1, 0.15) is 34.5 Å². The van der Waals surface area contributed by atoms with Gasteiger partial charge in [-0.3, -0.25) is 0 Å². The number of rotatable bonds is 31. The van der Waals surface area contributed by atoms with Crippen LogP contribution in [0.1, 0.15) is 171 Å². The number of allylic oxidation sites excluding steroid dienone is 2. The highest BCUT2D eigenvalue weighted by molar-refractivity contribution is 5.96. The molecular formula is C57H76N4O6. The van der Waals surface area contributed by atoms with Crippen molar-refractivity contribution in [1.82, 2.24) is 0 Å².